The molecular weight excluding hydrogens is 306 g/mol. The highest BCUT2D eigenvalue weighted by Gasteiger charge is 2.63. The Balaban J connectivity index is 2.61. The van der Waals surface area contributed by atoms with Gasteiger partial charge in [0, 0.05) is 0 Å². The van der Waals surface area contributed by atoms with Gasteiger partial charge in [-0.1, -0.05) is 6.08 Å². The second-order valence-electron chi connectivity index (χ2n) is 3.33. The molecule has 16 heavy (non-hydrogen) atoms. The molecule has 0 aliphatic carbocycles. The van der Waals surface area contributed by atoms with Gasteiger partial charge in [0.05, 0.1) is 11.1 Å². The predicted molar refractivity (Wildman–Crippen MR) is 44.8 cm³/mol. The third-order valence-corrected chi connectivity index (χ3v) is 3.12. The van der Waals surface area contributed by atoms with Crippen LogP contribution in [0, 0.1) is 0 Å². The van der Waals surface area contributed by atoms with Gasteiger partial charge >= 0.3 is 12.4 Å². The summed E-state index contributed by atoms with van der Waals surface area (Å²) < 4.78 is 77.5. The predicted octanol–water partition coefficient (Wildman–Crippen LogP) is 3.47. The van der Waals surface area contributed by atoms with Crippen LogP contribution in [0.15, 0.2) is 23.3 Å². The lowest BCUT2D eigenvalue weighted by Crippen LogP contribution is -2.31. The Morgan fingerprint density at radius 2 is 1.69 bits per heavy atom. The molecule has 90 valence electrons. The molecule has 2 bridgehead atoms. The van der Waals surface area contributed by atoms with Crippen LogP contribution >= 0.6 is 15.9 Å². The molecule has 0 aromatic heterocycles. The summed E-state index contributed by atoms with van der Waals surface area (Å²) in [6, 6.07) is 0. The van der Waals surface area contributed by atoms with E-state index in [4.69, 9.17) is 0 Å². The summed E-state index contributed by atoms with van der Waals surface area (Å²) >= 11 is 2.53. The molecular formula is C8H3BrF6O. The van der Waals surface area contributed by atoms with Crippen molar-refractivity contribution in [1.29, 1.82) is 0 Å². The second kappa shape index (κ2) is 3.04. The molecule has 2 heterocycles. The van der Waals surface area contributed by atoms with Crippen molar-refractivity contribution >= 4 is 15.9 Å². The largest absolute Gasteiger partial charge is 0.417 e. The molecule has 0 saturated heterocycles. The first-order valence-corrected chi connectivity index (χ1v) is 4.80. The fourth-order valence-corrected chi connectivity index (χ4v) is 2.54. The second-order valence-corrected chi connectivity index (χ2v) is 4.50. The Kier molecular flexibility index (Phi) is 2.27. The van der Waals surface area contributed by atoms with Crippen molar-refractivity contribution in [3.8, 4) is 0 Å². The average Bonchev–Trinajstić information content (AvgIpc) is 2.52. The summed E-state index contributed by atoms with van der Waals surface area (Å²) in [5.41, 5.74) is -3.40. The van der Waals surface area contributed by atoms with Crippen LogP contribution < -0.4 is 0 Å². The molecule has 0 fully saturated rings. The minimum absolute atomic E-state index is 0.926. The van der Waals surface area contributed by atoms with Crippen LogP contribution in [0.2, 0.25) is 0 Å². The van der Waals surface area contributed by atoms with Gasteiger partial charge in [0.15, 0.2) is 4.51 Å². The van der Waals surface area contributed by atoms with Crippen molar-refractivity contribution in [3.63, 3.8) is 0 Å². The van der Waals surface area contributed by atoms with E-state index in [1.165, 1.54) is 0 Å². The SMILES string of the molecule is FC(F)(F)C1=C(C(F)(F)F)[C@@]2(Br)C=C[C@@H]1O2. The molecule has 2 rings (SSSR count). The van der Waals surface area contributed by atoms with Gasteiger partial charge in [-0.3, -0.25) is 0 Å². The average molecular weight is 309 g/mol. The van der Waals surface area contributed by atoms with Crippen LogP contribution in [0.25, 0.3) is 0 Å². The molecule has 0 aromatic carbocycles. The maximum atomic E-state index is 12.5. The van der Waals surface area contributed by atoms with Crippen molar-refractivity contribution in [2.45, 2.75) is 23.0 Å². The summed E-state index contributed by atoms with van der Waals surface area (Å²) in [4.78, 5) is 0. The Labute approximate surface area is 93.9 Å². The number of rotatable bonds is 0. The number of fused-ring (bicyclic) bond motifs is 2. The van der Waals surface area contributed by atoms with Gasteiger partial charge in [-0.2, -0.15) is 26.3 Å². The van der Waals surface area contributed by atoms with Gasteiger partial charge in [0.2, 0.25) is 0 Å². The van der Waals surface area contributed by atoms with Gasteiger partial charge in [-0.25, -0.2) is 0 Å². The van der Waals surface area contributed by atoms with E-state index in [0.717, 1.165) is 12.2 Å². The maximum Gasteiger partial charge on any atom is 0.417 e. The van der Waals surface area contributed by atoms with Crippen LogP contribution in [0.3, 0.4) is 0 Å². The molecule has 0 amide bonds. The number of hydrogen-bond donors (Lipinski definition) is 0. The highest BCUT2D eigenvalue weighted by atomic mass is 79.9. The maximum absolute atomic E-state index is 12.5. The Morgan fingerprint density at radius 3 is 2.06 bits per heavy atom. The summed E-state index contributed by atoms with van der Waals surface area (Å²) in [6.07, 6.45) is -9.96. The summed E-state index contributed by atoms with van der Waals surface area (Å²) in [7, 11) is 0. The van der Waals surface area contributed by atoms with Crippen LogP contribution in [0.5, 0.6) is 0 Å². The fourth-order valence-electron chi connectivity index (χ4n) is 1.75. The molecule has 0 spiro atoms. The Morgan fingerprint density at radius 1 is 1.12 bits per heavy atom. The van der Waals surface area contributed by atoms with E-state index < -0.39 is 34.1 Å². The standard InChI is InChI=1S/C8H3BrF6O/c9-6-2-1-3(16-6)4(7(10,11)12)5(6)8(13,14)15/h1-3H/t3-,6+/m0/s1. The van der Waals surface area contributed by atoms with E-state index in [2.05, 4.69) is 20.7 Å². The third kappa shape index (κ3) is 1.58. The molecule has 2 atom stereocenters. The lowest BCUT2D eigenvalue weighted by molar-refractivity contribution is -0.116. The number of ether oxygens (including phenoxy) is 1. The molecule has 8 heteroatoms. The first-order chi connectivity index (χ1) is 7.06. The van der Waals surface area contributed by atoms with Crippen molar-refractivity contribution in [2.24, 2.45) is 0 Å². The highest BCUT2D eigenvalue weighted by molar-refractivity contribution is 9.10. The van der Waals surface area contributed by atoms with E-state index in [1.54, 1.807) is 0 Å². The van der Waals surface area contributed by atoms with E-state index >= 15 is 0 Å². The Hall–Kier alpha value is -0.500. The summed E-state index contributed by atoms with van der Waals surface area (Å²) in [5, 5.41) is 0. The van der Waals surface area contributed by atoms with Crippen molar-refractivity contribution in [1.82, 2.24) is 0 Å². The minimum Gasteiger partial charge on any atom is -0.344 e. The molecule has 0 saturated carbocycles. The van der Waals surface area contributed by atoms with E-state index in [1.807, 2.05) is 0 Å². The Bertz CT molecular complexity index is 392. The molecule has 2 aliphatic rings. The van der Waals surface area contributed by atoms with E-state index in [0.29, 0.717) is 0 Å². The molecule has 1 nitrogen and oxygen atoms in total. The van der Waals surface area contributed by atoms with Gasteiger partial charge in [-0.05, 0) is 22.0 Å². The van der Waals surface area contributed by atoms with E-state index in [-0.39, 0.29) is 0 Å². The number of halogens is 7. The van der Waals surface area contributed by atoms with Crippen LogP contribution in [0.1, 0.15) is 0 Å². The highest BCUT2D eigenvalue weighted by Crippen LogP contribution is 2.56. The number of hydrogen-bond acceptors (Lipinski definition) is 1. The zero-order valence-electron chi connectivity index (χ0n) is 7.29. The quantitative estimate of drug-likeness (QED) is 0.378. The van der Waals surface area contributed by atoms with Gasteiger partial charge in [-0.15, -0.1) is 0 Å². The van der Waals surface area contributed by atoms with Crippen molar-refractivity contribution in [2.75, 3.05) is 0 Å². The molecule has 0 radical (unpaired) electrons. The summed E-state index contributed by atoms with van der Waals surface area (Å²) in [6.45, 7) is 0. The molecule has 2 aliphatic heterocycles. The molecule has 0 unspecified atom stereocenters. The zero-order chi connectivity index (χ0) is 12.4. The van der Waals surface area contributed by atoms with Crippen LogP contribution in [-0.2, 0) is 4.74 Å². The lowest BCUT2D eigenvalue weighted by atomic mass is 9.96. The van der Waals surface area contributed by atoms with Crippen molar-refractivity contribution < 1.29 is 31.1 Å². The van der Waals surface area contributed by atoms with Crippen molar-refractivity contribution in [3.05, 3.63) is 23.3 Å². The first-order valence-electron chi connectivity index (χ1n) is 4.01. The lowest BCUT2D eigenvalue weighted by Gasteiger charge is -2.22. The topological polar surface area (TPSA) is 9.23 Å². The number of alkyl halides is 7. The zero-order valence-corrected chi connectivity index (χ0v) is 8.87. The van der Waals surface area contributed by atoms with Crippen LogP contribution in [0.4, 0.5) is 26.3 Å². The normalized spacial score (nSPS) is 34.1. The first kappa shape index (κ1) is 12.0. The smallest absolute Gasteiger partial charge is 0.344 e. The van der Waals surface area contributed by atoms with E-state index in [9.17, 15) is 26.3 Å². The van der Waals surface area contributed by atoms with Gasteiger partial charge < -0.3 is 4.74 Å². The van der Waals surface area contributed by atoms with Gasteiger partial charge in [0.1, 0.15) is 6.10 Å². The molecule has 0 N–H and O–H groups in total. The fraction of sp³-hybridized carbons (Fsp3) is 0.500. The van der Waals surface area contributed by atoms with Crippen LogP contribution in [-0.4, -0.2) is 23.0 Å². The third-order valence-electron chi connectivity index (χ3n) is 2.27. The summed E-state index contributed by atoms with van der Waals surface area (Å²) in [5.74, 6) is 0. The monoisotopic (exact) mass is 308 g/mol. The van der Waals surface area contributed by atoms with Gasteiger partial charge in [0.25, 0.3) is 0 Å². The molecule has 0 aromatic rings. The minimum atomic E-state index is -5.09.